The van der Waals surface area contributed by atoms with E-state index in [1.54, 1.807) is 17.0 Å². The second kappa shape index (κ2) is 13.5. The maximum absolute atomic E-state index is 14.9. The first-order valence-corrected chi connectivity index (χ1v) is 18.8. The van der Waals surface area contributed by atoms with Gasteiger partial charge in [-0.15, -0.1) is 0 Å². The number of hydrogen-bond donors (Lipinski definition) is 1. The maximum Gasteiger partial charge on any atom is 0.410 e. The number of carbonyl (C=O) groups excluding carboxylic acids is 3. The summed E-state index contributed by atoms with van der Waals surface area (Å²) in [5.41, 5.74) is 2.34. The number of amides is 3. The summed E-state index contributed by atoms with van der Waals surface area (Å²) >= 11 is 0. The lowest BCUT2D eigenvalue weighted by Crippen LogP contribution is -2.59. The van der Waals surface area contributed by atoms with Crippen LogP contribution in [0.25, 0.3) is 5.57 Å². The number of carboxylic acid groups (broad SMARTS) is 1. The van der Waals surface area contributed by atoms with E-state index in [1.807, 2.05) is 67.8 Å². The molecule has 0 bridgehead atoms. The van der Waals surface area contributed by atoms with Crippen LogP contribution in [0.3, 0.4) is 0 Å². The van der Waals surface area contributed by atoms with E-state index in [2.05, 4.69) is 45.1 Å². The molecule has 0 aromatic heterocycles. The van der Waals surface area contributed by atoms with Crippen molar-refractivity contribution in [2.45, 2.75) is 91.6 Å². The quantitative estimate of drug-likeness (QED) is 0.321. The Morgan fingerprint density at radius 2 is 1.33 bits per heavy atom. The largest absolute Gasteiger partial charge is 0.478 e. The highest BCUT2D eigenvalue weighted by atomic mass is 16.6. The van der Waals surface area contributed by atoms with Gasteiger partial charge in [-0.25, -0.2) is 9.59 Å². The number of carbonyl (C=O) groups is 4. The Labute approximate surface area is 308 Å². The van der Waals surface area contributed by atoms with Gasteiger partial charge in [0.05, 0.1) is 11.0 Å². The lowest BCUT2D eigenvalue weighted by Gasteiger charge is -2.52. The van der Waals surface area contributed by atoms with Crippen molar-refractivity contribution in [3.05, 3.63) is 89.0 Å². The number of likely N-dealkylation sites (tertiary alicyclic amines) is 2. The van der Waals surface area contributed by atoms with Gasteiger partial charge in [0.2, 0.25) is 11.8 Å². The molecule has 0 unspecified atom stereocenters. The molecule has 2 aromatic rings. The molecule has 0 radical (unpaired) electrons. The minimum absolute atomic E-state index is 0.105. The first kappa shape index (κ1) is 37.4. The normalized spacial score (nSPS) is 23.9. The highest BCUT2D eigenvalue weighted by Gasteiger charge is 2.52. The number of hydrogen-bond acceptors (Lipinski definition) is 5. The van der Waals surface area contributed by atoms with Crippen molar-refractivity contribution in [3.8, 4) is 0 Å². The zero-order valence-corrected chi connectivity index (χ0v) is 32.0. The molecule has 3 heterocycles. The van der Waals surface area contributed by atoms with E-state index in [9.17, 15) is 24.3 Å². The number of carboxylic acids is 1. The summed E-state index contributed by atoms with van der Waals surface area (Å²) in [6.45, 7) is 17.4. The van der Waals surface area contributed by atoms with Gasteiger partial charge in [-0.05, 0) is 81.7 Å². The third kappa shape index (κ3) is 6.91. The number of allylic oxidation sites excluding steroid dienone is 2. The highest BCUT2D eigenvalue weighted by molar-refractivity contribution is 5.91. The van der Waals surface area contributed by atoms with Gasteiger partial charge in [-0.1, -0.05) is 87.9 Å². The number of ether oxygens (including phenoxy) is 1. The van der Waals surface area contributed by atoms with E-state index in [-0.39, 0.29) is 34.3 Å². The molecule has 2 saturated heterocycles. The molecule has 0 spiro atoms. The molecule has 278 valence electrons. The molecular weight excluding hydrogens is 654 g/mol. The number of aromatic carboxylic acids is 1. The van der Waals surface area contributed by atoms with Gasteiger partial charge in [0.1, 0.15) is 5.60 Å². The lowest BCUT2D eigenvalue weighted by atomic mass is 9.58. The number of fused-ring (bicyclic) bond motifs is 1. The monoisotopic (exact) mass is 709 g/mol. The van der Waals surface area contributed by atoms with Crippen molar-refractivity contribution in [2.75, 3.05) is 39.3 Å². The van der Waals surface area contributed by atoms with Gasteiger partial charge in [-0.2, -0.15) is 0 Å². The first-order chi connectivity index (χ1) is 24.4. The zero-order chi connectivity index (χ0) is 37.7. The Bertz CT molecular complexity index is 1770. The van der Waals surface area contributed by atoms with E-state index >= 15 is 0 Å². The lowest BCUT2D eigenvalue weighted by molar-refractivity contribution is -0.150. The van der Waals surface area contributed by atoms with Gasteiger partial charge in [0.25, 0.3) is 0 Å². The summed E-state index contributed by atoms with van der Waals surface area (Å²) < 4.78 is 5.57. The molecular formula is C43H55N3O6. The molecule has 3 aliphatic heterocycles. The topological polar surface area (TPSA) is 107 Å². The minimum Gasteiger partial charge on any atom is -0.478 e. The van der Waals surface area contributed by atoms with Crippen LogP contribution in [0.4, 0.5) is 4.79 Å². The fraction of sp³-hybridized carbons (Fsp3) is 0.535. The number of rotatable bonds is 5. The van der Waals surface area contributed by atoms with Crippen molar-refractivity contribution < 1.29 is 29.0 Å². The van der Waals surface area contributed by atoms with Crippen molar-refractivity contribution in [3.63, 3.8) is 0 Å². The average molecular weight is 710 g/mol. The fourth-order valence-corrected chi connectivity index (χ4v) is 9.24. The van der Waals surface area contributed by atoms with Crippen LogP contribution in [-0.4, -0.2) is 88.6 Å². The van der Waals surface area contributed by atoms with Gasteiger partial charge in [-0.3, -0.25) is 9.59 Å². The van der Waals surface area contributed by atoms with Gasteiger partial charge >= 0.3 is 12.1 Å². The van der Waals surface area contributed by atoms with Crippen LogP contribution in [0.15, 0.2) is 72.3 Å². The minimum atomic E-state index is -0.937. The summed E-state index contributed by atoms with van der Waals surface area (Å²) in [5.74, 6) is -0.711. The summed E-state index contributed by atoms with van der Waals surface area (Å²) in [7, 11) is 0. The maximum atomic E-state index is 14.9. The van der Waals surface area contributed by atoms with Crippen LogP contribution in [0.5, 0.6) is 0 Å². The second-order valence-corrected chi connectivity index (χ2v) is 17.5. The summed E-state index contributed by atoms with van der Waals surface area (Å²) in [6, 6.07) is 17.2. The van der Waals surface area contributed by atoms with Crippen molar-refractivity contribution in [1.82, 2.24) is 14.7 Å². The Morgan fingerprint density at radius 1 is 0.731 bits per heavy atom. The van der Waals surface area contributed by atoms with Crippen molar-refractivity contribution in [2.24, 2.45) is 16.2 Å². The molecule has 1 atom stereocenters. The van der Waals surface area contributed by atoms with Gasteiger partial charge < -0.3 is 24.5 Å². The molecule has 1 aliphatic carbocycles. The van der Waals surface area contributed by atoms with E-state index < -0.39 is 22.4 Å². The molecule has 1 N–H and O–H groups in total. The molecule has 9 nitrogen and oxygen atoms in total. The predicted octanol–water partition coefficient (Wildman–Crippen LogP) is 7.57. The van der Waals surface area contributed by atoms with Gasteiger partial charge in [0.15, 0.2) is 0 Å². The number of nitrogens with zero attached hydrogens (tertiary/aromatic N) is 3. The smallest absolute Gasteiger partial charge is 0.410 e. The van der Waals surface area contributed by atoms with E-state index in [0.717, 1.165) is 17.5 Å². The van der Waals surface area contributed by atoms with Gasteiger partial charge in [0, 0.05) is 55.5 Å². The summed E-state index contributed by atoms with van der Waals surface area (Å²) in [6.07, 6.45) is 7.21. The molecule has 2 fully saturated rings. The standard InChI is InChI=1S/C43H55N3O6/c1-39(2,3)52-38(51)45-25-20-41(6,21-26-45)36(49)44-27-22-43(23-28-44,32-11-9-8-10-12-32)37(50)46-24-18-34-40(4,5)33(17-19-42(34,7)29-46)30-13-15-31(16-14-30)35(47)48/h8-18H,19-29H2,1-7H3,(H,47,48)/t42-/m1/s1. The molecule has 6 rings (SSSR count). The Hall–Kier alpha value is -4.40. The van der Waals surface area contributed by atoms with E-state index in [0.29, 0.717) is 65.0 Å². The molecule has 0 saturated carbocycles. The number of benzene rings is 2. The Balaban J connectivity index is 1.17. The number of piperidine rings is 2. The van der Waals surface area contributed by atoms with Crippen molar-refractivity contribution in [1.29, 1.82) is 0 Å². The highest BCUT2D eigenvalue weighted by Crippen LogP contribution is 2.56. The van der Waals surface area contributed by atoms with Crippen molar-refractivity contribution >= 4 is 29.5 Å². The van der Waals surface area contributed by atoms with Crippen LogP contribution in [-0.2, 0) is 19.7 Å². The van der Waals surface area contributed by atoms with Crippen LogP contribution in [0.1, 0.15) is 102 Å². The zero-order valence-electron chi connectivity index (χ0n) is 32.0. The molecule has 52 heavy (non-hydrogen) atoms. The Morgan fingerprint density at radius 3 is 1.90 bits per heavy atom. The van der Waals surface area contributed by atoms with Crippen LogP contribution in [0, 0.1) is 16.2 Å². The summed E-state index contributed by atoms with van der Waals surface area (Å²) in [4.78, 5) is 58.9. The predicted molar refractivity (Wildman–Crippen MR) is 202 cm³/mol. The van der Waals surface area contributed by atoms with Crippen LogP contribution < -0.4 is 0 Å². The molecule has 4 aliphatic rings. The molecule has 2 aromatic carbocycles. The fourth-order valence-electron chi connectivity index (χ4n) is 9.24. The molecule has 3 amide bonds. The molecule has 9 heteroatoms. The average Bonchev–Trinajstić information content (AvgIpc) is 3.10. The Kier molecular flexibility index (Phi) is 9.73. The first-order valence-electron chi connectivity index (χ1n) is 18.8. The van der Waals surface area contributed by atoms with Crippen LogP contribution in [0.2, 0.25) is 0 Å². The third-order valence-corrected chi connectivity index (χ3v) is 12.2. The van der Waals surface area contributed by atoms with Crippen LogP contribution >= 0.6 is 0 Å². The van der Waals surface area contributed by atoms with E-state index in [1.165, 1.54) is 11.1 Å². The second-order valence-electron chi connectivity index (χ2n) is 17.5. The SMILES string of the molecule is CC(C)(C)OC(=O)N1CCC(C)(C(=O)N2CCC(C(=O)N3CC=C4C(C)(C)C(c5ccc(C(=O)O)cc5)=CC[C@]4(C)C3)(c3ccccc3)CC2)CC1. The summed E-state index contributed by atoms with van der Waals surface area (Å²) in [5, 5.41) is 9.40. The third-order valence-electron chi connectivity index (χ3n) is 12.2. The van der Waals surface area contributed by atoms with E-state index in [4.69, 9.17) is 4.74 Å².